The highest BCUT2D eigenvalue weighted by Crippen LogP contribution is 2.19. The minimum absolute atomic E-state index is 0.180. The first-order valence-electron chi connectivity index (χ1n) is 7.79. The van der Waals surface area contributed by atoms with Gasteiger partial charge in [0.1, 0.15) is 5.82 Å². The summed E-state index contributed by atoms with van der Waals surface area (Å²) in [6.45, 7) is 3.01. The Morgan fingerprint density at radius 1 is 1.26 bits per heavy atom. The minimum atomic E-state index is -0.502. The summed E-state index contributed by atoms with van der Waals surface area (Å²) in [4.78, 5) is 14.5. The van der Waals surface area contributed by atoms with Crippen molar-refractivity contribution >= 4 is 10.9 Å². The van der Waals surface area contributed by atoms with Crippen LogP contribution in [0.25, 0.3) is 10.9 Å². The van der Waals surface area contributed by atoms with Gasteiger partial charge in [0, 0.05) is 30.6 Å². The molecule has 0 unspecified atom stereocenters. The van der Waals surface area contributed by atoms with E-state index in [2.05, 4.69) is 4.90 Å². The number of nitriles is 1. The molecule has 1 aromatic heterocycles. The molecule has 1 aromatic carbocycles. The minimum Gasteiger partial charge on any atom is -0.328 e. The summed E-state index contributed by atoms with van der Waals surface area (Å²) in [5, 5.41) is 9.76. The van der Waals surface area contributed by atoms with Gasteiger partial charge in [-0.15, -0.1) is 0 Å². The summed E-state index contributed by atoms with van der Waals surface area (Å²) in [5.74, 6) is -0.502. The molecule has 0 atom stereocenters. The van der Waals surface area contributed by atoms with Crippen molar-refractivity contribution < 1.29 is 4.39 Å². The van der Waals surface area contributed by atoms with Crippen LogP contribution in [0.15, 0.2) is 29.1 Å². The van der Waals surface area contributed by atoms with Gasteiger partial charge in [-0.05, 0) is 44.1 Å². The van der Waals surface area contributed by atoms with E-state index >= 15 is 0 Å². The van der Waals surface area contributed by atoms with E-state index in [0.29, 0.717) is 24.0 Å². The standard InChI is InChI=1S/C17H19FN4O/c18-13-9-12(11-19)15-1-2-17(23)22(16(15)10-13)8-7-21-5-3-14(20)4-6-21/h1-2,9-10,14H,3-8,20H2. The van der Waals surface area contributed by atoms with Crippen molar-refractivity contribution in [1.82, 2.24) is 9.47 Å². The van der Waals surface area contributed by atoms with Crippen LogP contribution in [0.5, 0.6) is 0 Å². The first-order chi connectivity index (χ1) is 11.1. The Bertz CT molecular complexity index is 816. The maximum absolute atomic E-state index is 13.7. The molecule has 23 heavy (non-hydrogen) atoms. The predicted molar refractivity (Wildman–Crippen MR) is 86.5 cm³/mol. The summed E-state index contributed by atoms with van der Waals surface area (Å²) in [6, 6.07) is 7.80. The largest absolute Gasteiger partial charge is 0.328 e. The molecule has 1 saturated heterocycles. The number of rotatable bonds is 3. The average molecular weight is 314 g/mol. The van der Waals surface area contributed by atoms with Gasteiger partial charge in [-0.3, -0.25) is 4.79 Å². The third kappa shape index (κ3) is 3.26. The van der Waals surface area contributed by atoms with Crippen molar-refractivity contribution in [3.05, 3.63) is 46.0 Å². The summed E-state index contributed by atoms with van der Waals surface area (Å²) in [7, 11) is 0. The number of hydrogen-bond acceptors (Lipinski definition) is 4. The number of nitrogens with two attached hydrogens (primary N) is 1. The SMILES string of the molecule is N#Cc1cc(F)cc2c1ccc(=O)n2CCN1CCC(N)CC1. The molecule has 1 aliphatic heterocycles. The van der Waals surface area contributed by atoms with Crippen molar-refractivity contribution in [3.63, 3.8) is 0 Å². The maximum atomic E-state index is 13.7. The Hall–Kier alpha value is -2.23. The molecule has 0 spiro atoms. The number of fused-ring (bicyclic) bond motifs is 1. The second kappa shape index (κ2) is 6.49. The molecule has 5 nitrogen and oxygen atoms in total. The van der Waals surface area contributed by atoms with E-state index in [1.54, 1.807) is 10.6 Å². The molecule has 6 heteroatoms. The molecule has 3 rings (SSSR count). The van der Waals surface area contributed by atoms with Crippen molar-refractivity contribution in [3.8, 4) is 6.07 Å². The Morgan fingerprint density at radius 3 is 2.70 bits per heavy atom. The van der Waals surface area contributed by atoms with Crippen LogP contribution >= 0.6 is 0 Å². The monoisotopic (exact) mass is 314 g/mol. The van der Waals surface area contributed by atoms with Gasteiger partial charge in [0.05, 0.1) is 17.1 Å². The number of piperidine rings is 1. The van der Waals surface area contributed by atoms with E-state index < -0.39 is 5.82 Å². The van der Waals surface area contributed by atoms with Gasteiger partial charge in [-0.25, -0.2) is 4.39 Å². The molecule has 120 valence electrons. The molecule has 0 amide bonds. The van der Waals surface area contributed by atoms with Gasteiger partial charge >= 0.3 is 0 Å². The van der Waals surface area contributed by atoms with Crippen molar-refractivity contribution in [2.45, 2.75) is 25.4 Å². The lowest BCUT2D eigenvalue weighted by Gasteiger charge is -2.30. The zero-order valence-electron chi connectivity index (χ0n) is 12.8. The predicted octanol–water partition coefficient (Wildman–Crippen LogP) is 1.44. The van der Waals surface area contributed by atoms with Crippen LogP contribution < -0.4 is 11.3 Å². The van der Waals surface area contributed by atoms with E-state index in [4.69, 9.17) is 11.0 Å². The fourth-order valence-corrected chi connectivity index (χ4v) is 3.11. The van der Waals surface area contributed by atoms with Crippen LogP contribution in [0.3, 0.4) is 0 Å². The van der Waals surface area contributed by atoms with Crippen molar-refractivity contribution in [1.29, 1.82) is 5.26 Å². The third-order valence-electron chi connectivity index (χ3n) is 4.46. The Labute approximate surface area is 133 Å². The summed E-state index contributed by atoms with van der Waals surface area (Å²) in [6.07, 6.45) is 1.91. The molecular formula is C17H19FN4O. The van der Waals surface area contributed by atoms with Crippen LogP contribution in [0, 0.1) is 17.1 Å². The zero-order chi connectivity index (χ0) is 16.4. The normalized spacial score (nSPS) is 16.6. The number of benzene rings is 1. The van der Waals surface area contributed by atoms with Gasteiger partial charge in [-0.1, -0.05) is 0 Å². The van der Waals surface area contributed by atoms with Crippen molar-refractivity contribution in [2.75, 3.05) is 19.6 Å². The number of likely N-dealkylation sites (tertiary alicyclic amines) is 1. The smallest absolute Gasteiger partial charge is 0.251 e. The molecule has 0 saturated carbocycles. The quantitative estimate of drug-likeness (QED) is 0.930. The van der Waals surface area contributed by atoms with E-state index in [1.165, 1.54) is 18.2 Å². The van der Waals surface area contributed by atoms with Gasteiger partial charge in [0.15, 0.2) is 0 Å². The van der Waals surface area contributed by atoms with Crippen LogP contribution in [0.1, 0.15) is 18.4 Å². The average Bonchev–Trinajstić information content (AvgIpc) is 2.54. The van der Waals surface area contributed by atoms with Gasteiger partial charge in [0.2, 0.25) is 0 Å². The lowest BCUT2D eigenvalue weighted by molar-refractivity contribution is 0.206. The van der Waals surface area contributed by atoms with Gasteiger partial charge in [0.25, 0.3) is 5.56 Å². The van der Waals surface area contributed by atoms with E-state index in [9.17, 15) is 9.18 Å². The molecule has 0 radical (unpaired) electrons. The van der Waals surface area contributed by atoms with Crippen molar-refractivity contribution in [2.24, 2.45) is 5.73 Å². The molecule has 0 bridgehead atoms. The van der Waals surface area contributed by atoms with Crippen LogP contribution in [0.2, 0.25) is 0 Å². The van der Waals surface area contributed by atoms with Gasteiger partial charge < -0.3 is 15.2 Å². The van der Waals surface area contributed by atoms with Gasteiger partial charge in [-0.2, -0.15) is 5.26 Å². The Balaban J connectivity index is 1.91. The highest BCUT2D eigenvalue weighted by atomic mass is 19.1. The summed E-state index contributed by atoms with van der Waals surface area (Å²) < 4.78 is 15.3. The number of hydrogen-bond donors (Lipinski definition) is 1. The third-order valence-corrected chi connectivity index (χ3v) is 4.46. The summed E-state index contributed by atoms with van der Waals surface area (Å²) in [5.41, 5.74) is 6.44. The fourth-order valence-electron chi connectivity index (χ4n) is 3.11. The highest BCUT2D eigenvalue weighted by molar-refractivity contribution is 5.85. The lowest BCUT2D eigenvalue weighted by Crippen LogP contribution is -2.41. The van der Waals surface area contributed by atoms with E-state index in [1.807, 2.05) is 6.07 Å². The number of halogens is 1. The first-order valence-corrected chi connectivity index (χ1v) is 7.79. The lowest BCUT2D eigenvalue weighted by atomic mass is 10.1. The molecule has 1 fully saturated rings. The second-order valence-corrected chi connectivity index (χ2v) is 6.00. The fraction of sp³-hybridized carbons (Fsp3) is 0.412. The molecule has 0 aliphatic carbocycles. The number of nitrogens with zero attached hydrogens (tertiary/aromatic N) is 3. The van der Waals surface area contributed by atoms with Crippen LogP contribution in [0.4, 0.5) is 4.39 Å². The molecular weight excluding hydrogens is 295 g/mol. The number of pyridine rings is 1. The topological polar surface area (TPSA) is 75.0 Å². The number of aromatic nitrogens is 1. The van der Waals surface area contributed by atoms with Crippen LogP contribution in [-0.4, -0.2) is 35.1 Å². The first kappa shape index (κ1) is 15.7. The Kier molecular flexibility index (Phi) is 4.42. The van der Waals surface area contributed by atoms with E-state index in [-0.39, 0.29) is 17.2 Å². The maximum Gasteiger partial charge on any atom is 0.251 e. The second-order valence-electron chi connectivity index (χ2n) is 6.00. The summed E-state index contributed by atoms with van der Waals surface area (Å²) >= 11 is 0. The molecule has 1 aliphatic rings. The Morgan fingerprint density at radius 2 is 2.00 bits per heavy atom. The molecule has 2 heterocycles. The molecule has 2 N–H and O–H groups in total. The highest BCUT2D eigenvalue weighted by Gasteiger charge is 2.16. The van der Waals surface area contributed by atoms with E-state index in [0.717, 1.165) is 25.9 Å². The zero-order valence-corrected chi connectivity index (χ0v) is 12.8. The van der Waals surface area contributed by atoms with Crippen LogP contribution in [-0.2, 0) is 6.54 Å². The molecule has 2 aromatic rings.